The molecule has 4 rings (SSSR count). The van der Waals surface area contributed by atoms with Crippen LogP contribution in [0, 0.1) is 12.8 Å². The van der Waals surface area contributed by atoms with Crippen molar-refractivity contribution in [3.63, 3.8) is 0 Å². The number of nitrogens with zero attached hydrogens (tertiary/aromatic N) is 6. The van der Waals surface area contributed by atoms with Crippen LogP contribution in [0.5, 0.6) is 0 Å². The first-order valence-electron chi connectivity index (χ1n) is 22.8. The number of primary amides is 1. The number of hydrogen-bond acceptors (Lipinski definition) is 13. The first-order valence-corrected chi connectivity index (χ1v) is 25.1. The molecule has 6 atom stereocenters. The molecule has 1 aromatic carbocycles. The summed E-state index contributed by atoms with van der Waals surface area (Å²) in [6.45, 7) is 8.50. The topological polar surface area (TPSA) is 324 Å². The first kappa shape index (κ1) is 57.2. The fourth-order valence-electron chi connectivity index (χ4n) is 7.77. The molecule has 0 bridgehead atoms. The predicted molar refractivity (Wildman–Crippen MR) is 257 cm³/mol. The van der Waals surface area contributed by atoms with E-state index in [0.717, 1.165) is 25.3 Å². The van der Waals surface area contributed by atoms with E-state index in [2.05, 4.69) is 41.0 Å². The van der Waals surface area contributed by atoms with Crippen molar-refractivity contribution in [2.24, 2.45) is 16.8 Å². The number of aliphatic hydroxyl groups is 1. The molecule has 70 heavy (non-hydrogen) atoms. The second kappa shape index (κ2) is 27.3. The van der Waals surface area contributed by atoms with Crippen LogP contribution in [0.1, 0.15) is 95.2 Å². The Bertz CT molecular complexity index is 2360. The standard InChI is InChI=1S/C44H64Cl2N11O12P/c1-26(2)19-34(51-44(64)37-15-12-17-56(37)29(5)59)41(61)50-35(42(62)52-36(24-58)43(63)53-38(40(47)60)28(4)69-70(65,66)67)20-31-21-48-25-55(31)16-10-6-7-11-18-68-49-22-32-27(3)54-57(39(32)46)23-30-13-8-9-14-33(30)45/h8-9,13-14,21-22,25-26,28,34-38,58H,6-7,10-12,15-20,23-24H2,1-5H3,(H2,47,60)(H,50,61)(H,51,64)(H,52,62)(H,53,63)(H2,65,66,67)/b49-22+/t28-,34+,35+,36+,37+,38+/m1/s1. The van der Waals surface area contributed by atoms with Crippen molar-refractivity contribution in [2.45, 2.75) is 135 Å². The highest BCUT2D eigenvalue weighted by molar-refractivity contribution is 7.46. The zero-order chi connectivity index (χ0) is 51.7. The van der Waals surface area contributed by atoms with Crippen LogP contribution in [0.4, 0.5) is 0 Å². The van der Waals surface area contributed by atoms with E-state index >= 15 is 0 Å². The fraction of sp³-hybridized carbons (Fsp3) is 0.568. The minimum atomic E-state index is -5.13. The number of hydrogen-bond donors (Lipinski definition) is 8. The van der Waals surface area contributed by atoms with Gasteiger partial charge in [-0.1, -0.05) is 66.8 Å². The predicted octanol–water partition coefficient (Wildman–Crippen LogP) is 1.87. The van der Waals surface area contributed by atoms with Crippen LogP contribution in [-0.4, -0.2) is 137 Å². The van der Waals surface area contributed by atoms with Crippen molar-refractivity contribution in [3.05, 3.63) is 69.5 Å². The number of phosphoric acid groups is 1. The van der Waals surface area contributed by atoms with Gasteiger partial charge in [0.15, 0.2) is 0 Å². The maximum absolute atomic E-state index is 14.1. The summed E-state index contributed by atoms with van der Waals surface area (Å²) in [7, 11) is -5.13. The van der Waals surface area contributed by atoms with Gasteiger partial charge in [0.05, 0.1) is 43.1 Å². The minimum Gasteiger partial charge on any atom is -0.396 e. The molecule has 1 fully saturated rings. The number of imidazole rings is 1. The van der Waals surface area contributed by atoms with Gasteiger partial charge in [-0.15, -0.1) is 0 Å². The molecule has 0 saturated carbocycles. The number of aromatic nitrogens is 4. The van der Waals surface area contributed by atoms with Gasteiger partial charge in [-0.3, -0.25) is 33.3 Å². The van der Waals surface area contributed by atoms with E-state index in [4.69, 9.17) is 33.8 Å². The van der Waals surface area contributed by atoms with Gasteiger partial charge < -0.3 is 56.2 Å². The number of halogens is 2. The minimum absolute atomic E-state index is 0.111. The number of rotatable bonds is 28. The molecule has 3 aromatic rings. The van der Waals surface area contributed by atoms with Crippen LogP contribution in [0.15, 0.2) is 41.9 Å². The molecule has 1 aliphatic heterocycles. The number of phosphoric ester groups is 1. The molecule has 3 heterocycles. The maximum atomic E-state index is 14.1. The number of aliphatic hydroxyl groups excluding tert-OH is 1. The summed E-state index contributed by atoms with van der Waals surface area (Å²) < 4.78 is 19.4. The van der Waals surface area contributed by atoms with E-state index in [9.17, 15) is 48.2 Å². The van der Waals surface area contributed by atoms with Gasteiger partial charge in [0, 0.05) is 43.3 Å². The average molecular weight is 1040 g/mol. The molecular weight excluding hydrogens is 976 g/mol. The summed E-state index contributed by atoms with van der Waals surface area (Å²) in [5.74, 6) is -5.02. The Hall–Kier alpha value is -5.42. The lowest BCUT2D eigenvalue weighted by Crippen LogP contribution is -2.61. The Morgan fingerprint density at radius 3 is 2.30 bits per heavy atom. The number of likely N-dealkylation sites (tertiary alicyclic amines) is 1. The molecular formula is C44H64Cl2N11O12P. The Balaban J connectivity index is 1.41. The van der Waals surface area contributed by atoms with E-state index in [-0.39, 0.29) is 24.7 Å². The van der Waals surface area contributed by atoms with Gasteiger partial charge in [0.1, 0.15) is 42.0 Å². The van der Waals surface area contributed by atoms with E-state index in [1.165, 1.54) is 24.2 Å². The number of nitrogens with one attached hydrogen (secondary N) is 4. The highest BCUT2D eigenvalue weighted by Gasteiger charge is 2.37. The van der Waals surface area contributed by atoms with E-state index in [1.807, 2.05) is 39.0 Å². The molecule has 6 amide bonds. The maximum Gasteiger partial charge on any atom is 0.469 e. The van der Waals surface area contributed by atoms with Crippen LogP contribution in [0.3, 0.4) is 0 Å². The first-order chi connectivity index (χ1) is 33.1. The molecule has 9 N–H and O–H groups in total. The zero-order valence-corrected chi connectivity index (χ0v) is 42.2. The number of benzene rings is 1. The van der Waals surface area contributed by atoms with Crippen molar-refractivity contribution in [1.82, 2.24) is 45.5 Å². The van der Waals surface area contributed by atoms with Gasteiger partial charge in [-0.25, -0.2) is 14.2 Å². The molecule has 2 aromatic heterocycles. The van der Waals surface area contributed by atoms with Crippen molar-refractivity contribution < 1.29 is 57.6 Å². The number of carbonyl (C=O) groups is 6. The lowest BCUT2D eigenvalue weighted by molar-refractivity contribution is -0.139. The molecule has 0 radical (unpaired) electrons. The van der Waals surface area contributed by atoms with Gasteiger partial charge in [-0.2, -0.15) is 5.10 Å². The van der Waals surface area contributed by atoms with Crippen LogP contribution in [0.2, 0.25) is 10.2 Å². The van der Waals surface area contributed by atoms with Gasteiger partial charge in [-0.05, 0) is 69.9 Å². The third kappa shape index (κ3) is 17.5. The third-order valence-corrected chi connectivity index (χ3v) is 12.7. The van der Waals surface area contributed by atoms with Gasteiger partial charge >= 0.3 is 7.82 Å². The second-order valence-corrected chi connectivity index (χ2v) is 19.3. The van der Waals surface area contributed by atoms with E-state index in [1.54, 1.807) is 21.6 Å². The molecule has 23 nitrogen and oxygen atoms in total. The van der Waals surface area contributed by atoms with E-state index < -0.39 is 80.3 Å². The SMILES string of the molecule is CC(=O)N1CCC[C@H]1C(=O)N[C@@H](CC(C)C)C(=O)N[C@@H](Cc1cncn1CCCCCCO/N=C/c1c(C)nn(Cc2ccccc2Cl)c1Cl)C(=O)N[C@@H](CO)C(=O)N[C@H](C(N)=O)[C@@H](C)OP(=O)(O)O. The second-order valence-electron chi connectivity index (χ2n) is 17.4. The largest absolute Gasteiger partial charge is 0.469 e. The highest BCUT2D eigenvalue weighted by Crippen LogP contribution is 2.38. The Morgan fingerprint density at radius 1 is 0.971 bits per heavy atom. The number of nitrogens with two attached hydrogens (primary N) is 1. The smallest absolute Gasteiger partial charge is 0.396 e. The Labute approximate surface area is 415 Å². The number of oxime groups is 1. The van der Waals surface area contributed by atoms with Crippen LogP contribution in [-0.2, 0) is 62.2 Å². The van der Waals surface area contributed by atoms with Crippen molar-refractivity contribution in [1.29, 1.82) is 0 Å². The molecule has 386 valence electrons. The molecule has 1 saturated heterocycles. The summed E-state index contributed by atoms with van der Waals surface area (Å²) in [6, 6.07) is 0.509. The van der Waals surface area contributed by atoms with Crippen molar-refractivity contribution >= 4 is 72.7 Å². The quantitative estimate of drug-likeness (QED) is 0.0223. The summed E-state index contributed by atoms with van der Waals surface area (Å²) >= 11 is 12.9. The fourth-order valence-corrected chi connectivity index (χ4v) is 8.80. The Morgan fingerprint density at radius 2 is 1.64 bits per heavy atom. The zero-order valence-electron chi connectivity index (χ0n) is 39.8. The summed E-state index contributed by atoms with van der Waals surface area (Å²) in [6.07, 6.45) is 6.90. The summed E-state index contributed by atoms with van der Waals surface area (Å²) in [4.78, 5) is 109. The summed E-state index contributed by atoms with van der Waals surface area (Å²) in [5, 5.41) is 29.8. The number of amides is 6. The lowest BCUT2D eigenvalue weighted by atomic mass is 10.0. The van der Waals surface area contributed by atoms with Gasteiger partial charge in [0.25, 0.3) is 0 Å². The molecule has 0 aliphatic carbocycles. The molecule has 26 heteroatoms. The normalized spacial score (nSPS) is 16.1. The Kier molecular flexibility index (Phi) is 22.3. The van der Waals surface area contributed by atoms with Gasteiger partial charge in [0.2, 0.25) is 35.4 Å². The van der Waals surface area contributed by atoms with Crippen LogP contribution >= 0.6 is 31.0 Å². The van der Waals surface area contributed by atoms with Crippen LogP contribution in [0.25, 0.3) is 0 Å². The number of carbonyl (C=O) groups excluding carboxylic acids is 6. The van der Waals surface area contributed by atoms with E-state index in [0.29, 0.717) is 79.1 Å². The summed E-state index contributed by atoms with van der Waals surface area (Å²) in [5.41, 5.74) is 8.05. The monoisotopic (exact) mass is 1040 g/mol. The number of unbranched alkanes of at least 4 members (excludes halogenated alkanes) is 3. The third-order valence-electron chi connectivity index (χ3n) is 11.4. The van der Waals surface area contributed by atoms with Crippen LogP contribution < -0.4 is 27.0 Å². The number of aryl methyl sites for hydroxylation is 2. The highest BCUT2D eigenvalue weighted by atomic mass is 35.5. The van der Waals surface area contributed by atoms with Crippen molar-refractivity contribution in [2.75, 3.05) is 19.8 Å². The van der Waals surface area contributed by atoms with Crippen molar-refractivity contribution in [3.8, 4) is 0 Å². The lowest BCUT2D eigenvalue weighted by Gasteiger charge is -2.28. The molecule has 0 unspecified atom stereocenters. The molecule has 1 aliphatic rings. The average Bonchev–Trinajstić information content (AvgIpc) is 4.02. The molecule has 0 spiro atoms.